The standard InChI is InChI=1S/C14H8N6/c15-7-10-3-1-5-19-12(10)14(8-16,9-17)11-4-2-6-20-13(11)18/h1-6H,(H2,18,20). The summed E-state index contributed by atoms with van der Waals surface area (Å²) in [6.07, 6.45) is 2.88. The Bertz CT molecular complexity index is 761. The van der Waals surface area contributed by atoms with Gasteiger partial charge in [0.2, 0.25) is 5.41 Å². The number of nitrogen functional groups attached to an aromatic ring is 1. The van der Waals surface area contributed by atoms with E-state index in [4.69, 9.17) is 11.0 Å². The van der Waals surface area contributed by atoms with Crippen molar-refractivity contribution in [2.45, 2.75) is 5.41 Å². The summed E-state index contributed by atoms with van der Waals surface area (Å²) >= 11 is 0. The first-order valence-corrected chi connectivity index (χ1v) is 5.58. The smallest absolute Gasteiger partial charge is 0.214 e. The summed E-state index contributed by atoms with van der Waals surface area (Å²) in [5.74, 6) is 0.0603. The van der Waals surface area contributed by atoms with E-state index in [0.717, 1.165) is 0 Å². The van der Waals surface area contributed by atoms with Crippen LogP contribution < -0.4 is 5.73 Å². The molecule has 0 aliphatic rings. The summed E-state index contributed by atoms with van der Waals surface area (Å²) in [5, 5.41) is 28.2. The van der Waals surface area contributed by atoms with Crippen LogP contribution in [0.4, 0.5) is 5.82 Å². The molecule has 0 bridgehead atoms. The Balaban J connectivity index is 2.83. The third-order valence-corrected chi connectivity index (χ3v) is 2.86. The van der Waals surface area contributed by atoms with Crippen molar-refractivity contribution in [1.29, 1.82) is 15.8 Å². The van der Waals surface area contributed by atoms with Crippen LogP contribution in [-0.4, -0.2) is 9.97 Å². The fraction of sp³-hybridized carbons (Fsp3) is 0.0714. The van der Waals surface area contributed by atoms with Gasteiger partial charge in [0.25, 0.3) is 0 Å². The molecule has 20 heavy (non-hydrogen) atoms. The minimum absolute atomic E-state index is 0.0603. The third-order valence-electron chi connectivity index (χ3n) is 2.86. The summed E-state index contributed by atoms with van der Waals surface area (Å²) in [7, 11) is 0. The second-order valence-electron chi connectivity index (χ2n) is 3.92. The van der Waals surface area contributed by atoms with E-state index in [2.05, 4.69) is 9.97 Å². The average molecular weight is 260 g/mol. The van der Waals surface area contributed by atoms with Crippen molar-refractivity contribution in [2.24, 2.45) is 0 Å². The molecule has 0 aliphatic carbocycles. The van der Waals surface area contributed by atoms with E-state index in [-0.39, 0.29) is 22.6 Å². The monoisotopic (exact) mass is 260 g/mol. The van der Waals surface area contributed by atoms with Gasteiger partial charge in [-0.25, -0.2) is 4.98 Å². The van der Waals surface area contributed by atoms with E-state index < -0.39 is 5.41 Å². The minimum Gasteiger partial charge on any atom is -0.383 e. The van der Waals surface area contributed by atoms with Gasteiger partial charge in [-0.2, -0.15) is 15.8 Å². The van der Waals surface area contributed by atoms with Gasteiger partial charge in [-0.3, -0.25) is 4.98 Å². The van der Waals surface area contributed by atoms with Gasteiger partial charge in [0, 0.05) is 18.0 Å². The van der Waals surface area contributed by atoms with Crippen molar-refractivity contribution >= 4 is 5.82 Å². The van der Waals surface area contributed by atoms with E-state index in [9.17, 15) is 10.5 Å². The van der Waals surface area contributed by atoms with Gasteiger partial charge in [0.05, 0.1) is 23.4 Å². The molecule has 2 rings (SSSR count). The molecule has 0 amide bonds. The highest BCUT2D eigenvalue weighted by Crippen LogP contribution is 2.34. The van der Waals surface area contributed by atoms with Gasteiger partial charge in [0.1, 0.15) is 11.9 Å². The highest BCUT2D eigenvalue weighted by Gasteiger charge is 2.40. The maximum absolute atomic E-state index is 9.52. The molecule has 0 aliphatic heterocycles. The van der Waals surface area contributed by atoms with Gasteiger partial charge in [-0.05, 0) is 18.2 Å². The highest BCUT2D eigenvalue weighted by atomic mass is 14.8. The number of hydrogen-bond donors (Lipinski definition) is 1. The number of aromatic nitrogens is 2. The summed E-state index contributed by atoms with van der Waals surface area (Å²) in [4.78, 5) is 7.92. The maximum Gasteiger partial charge on any atom is 0.214 e. The van der Waals surface area contributed by atoms with Crippen LogP contribution in [0.3, 0.4) is 0 Å². The van der Waals surface area contributed by atoms with Gasteiger partial charge >= 0.3 is 0 Å². The van der Waals surface area contributed by atoms with Crippen molar-refractivity contribution in [2.75, 3.05) is 5.73 Å². The molecule has 94 valence electrons. The first-order valence-electron chi connectivity index (χ1n) is 5.58. The van der Waals surface area contributed by atoms with Crippen LogP contribution in [0.2, 0.25) is 0 Å². The number of nitrogens with two attached hydrogens (primary N) is 1. The molecule has 0 fully saturated rings. The Hall–Kier alpha value is -3.43. The topological polar surface area (TPSA) is 123 Å². The molecular weight excluding hydrogens is 252 g/mol. The van der Waals surface area contributed by atoms with Crippen molar-refractivity contribution in [3.63, 3.8) is 0 Å². The first kappa shape index (κ1) is 13.0. The zero-order valence-electron chi connectivity index (χ0n) is 10.3. The lowest BCUT2D eigenvalue weighted by molar-refractivity contribution is 0.799. The van der Waals surface area contributed by atoms with E-state index in [1.807, 2.05) is 18.2 Å². The Morgan fingerprint density at radius 2 is 1.65 bits per heavy atom. The van der Waals surface area contributed by atoms with Crippen LogP contribution in [-0.2, 0) is 5.41 Å². The second-order valence-corrected chi connectivity index (χ2v) is 3.92. The molecule has 2 aromatic heterocycles. The molecule has 0 unspecified atom stereocenters. The number of nitriles is 3. The lowest BCUT2D eigenvalue weighted by atomic mass is 9.78. The molecule has 0 aromatic carbocycles. The summed E-state index contributed by atoms with van der Waals surface area (Å²) in [6.45, 7) is 0. The van der Waals surface area contributed by atoms with Gasteiger partial charge in [0.15, 0.2) is 0 Å². The Morgan fingerprint density at radius 3 is 2.25 bits per heavy atom. The molecule has 0 radical (unpaired) electrons. The second kappa shape index (κ2) is 5.06. The molecule has 6 nitrogen and oxygen atoms in total. The lowest BCUT2D eigenvalue weighted by Gasteiger charge is -2.20. The molecule has 0 saturated carbocycles. The predicted molar refractivity (Wildman–Crippen MR) is 69.6 cm³/mol. The molecule has 2 N–H and O–H groups in total. The average Bonchev–Trinajstić information content (AvgIpc) is 2.51. The molecule has 0 spiro atoms. The van der Waals surface area contributed by atoms with Crippen molar-refractivity contribution in [3.8, 4) is 18.2 Å². The Morgan fingerprint density at radius 1 is 1.00 bits per heavy atom. The fourth-order valence-corrected chi connectivity index (χ4v) is 1.91. The largest absolute Gasteiger partial charge is 0.383 e. The summed E-state index contributed by atoms with van der Waals surface area (Å²) in [5.41, 5.74) is 4.44. The van der Waals surface area contributed by atoms with Crippen LogP contribution in [0, 0.1) is 34.0 Å². The van der Waals surface area contributed by atoms with Gasteiger partial charge in [-0.1, -0.05) is 6.07 Å². The molecule has 0 saturated heterocycles. The van der Waals surface area contributed by atoms with Crippen molar-refractivity contribution < 1.29 is 0 Å². The van der Waals surface area contributed by atoms with Crippen LogP contribution in [0.15, 0.2) is 36.7 Å². The van der Waals surface area contributed by atoms with E-state index in [1.54, 1.807) is 12.1 Å². The first-order chi connectivity index (χ1) is 9.69. The van der Waals surface area contributed by atoms with Crippen molar-refractivity contribution in [1.82, 2.24) is 9.97 Å². The predicted octanol–water partition coefficient (Wildman–Crippen LogP) is 1.26. The van der Waals surface area contributed by atoms with Crippen LogP contribution in [0.25, 0.3) is 0 Å². The van der Waals surface area contributed by atoms with Gasteiger partial charge in [-0.15, -0.1) is 0 Å². The number of nitrogens with zero attached hydrogens (tertiary/aromatic N) is 5. The molecular formula is C14H8N6. The van der Waals surface area contributed by atoms with E-state index >= 15 is 0 Å². The highest BCUT2D eigenvalue weighted by molar-refractivity contribution is 5.61. The number of rotatable bonds is 2. The molecule has 2 heterocycles. The molecule has 6 heteroatoms. The summed E-state index contributed by atoms with van der Waals surface area (Å²) in [6, 6.07) is 11.9. The normalized spacial score (nSPS) is 10.1. The number of hydrogen-bond acceptors (Lipinski definition) is 6. The number of anilines is 1. The fourth-order valence-electron chi connectivity index (χ4n) is 1.91. The van der Waals surface area contributed by atoms with Crippen LogP contribution in [0.1, 0.15) is 16.8 Å². The minimum atomic E-state index is -1.76. The van der Waals surface area contributed by atoms with Crippen LogP contribution in [0.5, 0.6) is 0 Å². The number of pyridine rings is 2. The van der Waals surface area contributed by atoms with Crippen molar-refractivity contribution in [3.05, 3.63) is 53.5 Å². The SMILES string of the molecule is N#Cc1cccnc1C(C#N)(C#N)c1cccnc1N. The molecule has 2 aromatic rings. The zero-order valence-corrected chi connectivity index (χ0v) is 10.3. The van der Waals surface area contributed by atoms with E-state index in [1.165, 1.54) is 24.5 Å². The third kappa shape index (κ3) is 1.80. The zero-order chi connectivity index (χ0) is 14.6. The Labute approximate surface area is 115 Å². The summed E-state index contributed by atoms with van der Waals surface area (Å²) < 4.78 is 0. The molecule has 0 atom stereocenters. The van der Waals surface area contributed by atoms with Gasteiger partial charge < -0.3 is 5.73 Å². The maximum atomic E-state index is 9.52. The van der Waals surface area contributed by atoms with E-state index in [0.29, 0.717) is 0 Å². The van der Waals surface area contributed by atoms with Crippen LogP contribution >= 0.6 is 0 Å². The quantitative estimate of drug-likeness (QED) is 0.866. The Kier molecular flexibility index (Phi) is 3.29. The lowest BCUT2D eigenvalue weighted by Crippen LogP contribution is -2.28.